The zero-order valence-corrected chi connectivity index (χ0v) is 15.0. The Morgan fingerprint density at radius 1 is 0.964 bits per heavy atom. The number of non-ortho nitro benzene ring substituents is 2. The monoisotopic (exact) mass is 387 g/mol. The van der Waals surface area contributed by atoms with Crippen molar-refractivity contribution in [1.29, 1.82) is 0 Å². The van der Waals surface area contributed by atoms with Gasteiger partial charge in [0.25, 0.3) is 17.3 Å². The highest BCUT2D eigenvalue weighted by Gasteiger charge is 2.27. The maximum Gasteiger partial charge on any atom is 0.333 e. The van der Waals surface area contributed by atoms with E-state index in [1.165, 1.54) is 0 Å². The van der Waals surface area contributed by atoms with Crippen LogP contribution in [-0.4, -0.2) is 27.8 Å². The van der Waals surface area contributed by atoms with Crippen molar-refractivity contribution in [1.82, 2.24) is 5.32 Å². The third kappa shape index (κ3) is 5.10. The van der Waals surface area contributed by atoms with Gasteiger partial charge in [0.1, 0.15) is 0 Å². The lowest BCUT2D eigenvalue weighted by atomic mass is 10.1. The standard InChI is InChI=1S/C18H17N3O7/c1-11(2)28-18(23)16(12-6-4-3-5-7-12)19-17(22)13-8-14(20(24)25)10-15(9-13)21(26)27/h3-11,16H,1-2H3,(H,19,22)/t16-/m0/s1. The molecule has 146 valence electrons. The highest BCUT2D eigenvalue weighted by Crippen LogP contribution is 2.24. The van der Waals surface area contributed by atoms with Crippen molar-refractivity contribution in [3.8, 4) is 0 Å². The molecule has 1 atom stereocenters. The Morgan fingerprint density at radius 2 is 1.50 bits per heavy atom. The van der Waals surface area contributed by atoms with Crippen LogP contribution in [0.15, 0.2) is 48.5 Å². The van der Waals surface area contributed by atoms with E-state index < -0.39 is 45.2 Å². The van der Waals surface area contributed by atoms with Crippen LogP contribution in [0.3, 0.4) is 0 Å². The van der Waals surface area contributed by atoms with Crippen LogP contribution >= 0.6 is 0 Å². The largest absolute Gasteiger partial charge is 0.461 e. The average Bonchev–Trinajstić information content (AvgIpc) is 2.65. The fourth-order valence-electron chi connectivity index (χ4n) is 2.38. The van der Waals surface area contributed by atoms with Gasteiger partial charge in [-0.15, -0.1) is 0 Å². The molecule has 0 saturated carbocycles. The van der Waals surface area contributed by atoms with Crippen molar-refractivity contribution in [3.05, 3.63) is 79.9 Å². The van der Waals surface area contributed by atoms with Gasteiger partial charge in [-0.1, -0.05) is 30.3 Å². The number of nitro groups is 2. The van der Waals surface area contributed by atoms with Gasteiger partial charge in [0.2, 0.25) is 0 Å². The molecule has 0 aliphatic heterocycles. The van der Waals surface area contributed by atoms with Gasteiger partial charge in [-0.2, -0.15) is 0 Å². The highest BCUT2D eigenvalue weighted by atomic mass is 16.6. The summed E-state index contributed by atoms with van der Waals surface area (Å²) in [5.41, 5.74) is -1.11. The number of amides is 1. The summed E-state index contributed by atoms with van der Waals surface area (Å²) in [6.07, 6.45) is -0.436. The second-order valence-electron chi connectivity index (χ2n) is 6.06. The summed E-state index contributed by atoms with van der Waals surface area (Å²) < 4.78 is 5.16. The normalized spacial score (nSPS) is 11.5. The summed E-state index contributed by atoms with van der Waals surface area (Å²) in [6.45, 7) is 3.29. The minimum atomic E-state index is -1.19. The molecule has 0 radical (unpaired) electrons. The molecule has 0 unspecified atom stereocenters. The molecule has 1 amide bonds. The van der Waals surface area contributed by atoms with E-state index in [9.17, 15) is 29.8 Å². The fourth-order valence-corrected chi connectivity index (χ4v) is 2.38. The first kappa shape index (κ1) is 20.5. The predicted molar refractivity (Wildman–Crippen MR) is 97.6 cm³/mol. The predicted octanol–water partition coefficient (Wildman–Crippen LogP) is 2.93. The molecule has 10 heteroatoms. The van der Waals surface area contributed by atoms with Gasteiger partial charge < -0.3 is 10.1 Å². The van der Waals surface area contributed by atoms with Crippen molar-refractivity contribution < 1.29 is 24.2 Å². The third-order valence-corrected chi connectivity index (χ3v) is 3.58. The van der Waals surface area contributed by atoms with E-state index in [0.29, 0.717) is 5.56 Å². The first-order chi connectivity index (χ1) is 13.2. The van der Waals surface area contributed by atoms with Crippen LogP contribution in [0.4, 0.5) is 11.4 Å². The molecule has 10 nitrogen and oxygen atoms in total. The average molecular weight is 387 g/mol. The number of esters is 1. The molecule has 2 aromatic carbocycles. The van der Waals surface area contributed by atoms with Crippen LogP contribution in [0, 0.1) is 20.2 Å². The van der Waals surface area contributed by atoms with E-state index in [1.54, 1.807) is 44.2 Å². The minimum absolute atomic E-state index is 0.320. The first-order valence-corrected chi connectivity index (χ1v) is 8.19. The van der Waals surface area contributed by atoms with Crippen molar-refractivity contribution in [2.45, 2.75) is 26.0 Å². The van der Waals surface area contributed by atoms with Crippen LogP contribution in [-0.2, 0) is 9.53 Å². The number of rotatable bonds is 7. The van der Waals surface area contributed by atoms with E-state index in [0.717, 1.165) is 18.2 Å². The molecule has 0 heterocycles. The lowest BCUT2D eigenvalue weighted by Crippen LogP contribution is -2.35. The third-order valence-electron chi connectivity index (χ3n) is 3.58. The van der Waals surface area contributed by atoms with Crippen LogP contribution in [0.2, 0.25) is 0 Å². The van der Waals surface area contributed by atoms with Gasteiger partial charge in [0.15, 0.2) is 6.04 Å². The quantitative estimate of drug-likeness (QED) is 0.437. The van der Waals surface area contributed by atoms with Gasteiger partial charge in [0, 0.05) is 12.1 Å². The second kappa shape index (κ2) is 8.71. The number of nitrogens with one attached hydrogen (secondary N) is 1. The fraction of sp³-hybridized carbons (Fsp3) is 0.222. The lowest BCUT2D eigenvalue weighted by Gasteiger charge is -2.19. The number of ether oxygens (including phenoxy) is 1. The second-order valence-corrected chi connectivity index (χ2v) is 6.06. The SMILES string of the molecule is CC(C)OC(=O)[C@@H](NC(=O)c1cc([N+](=O)[O-])cc([N+](=O)[O-])c1)c1ccccc1. The van der Waals surface area contributed by atoms with Crippen molar-refractivity contribution in [3.63, 3.8) is 0 Å². The Balaban J connectivity index is 2.39. The smallest absolute Gasteiger partial charge is 0.333 e. The van der Waals surface area contributed by atoms with Crippen LogP contribution in [0.25, 0.3) is 0 Å². The van der Waals surface area contributed by atoms with Gasteiger partial charge in [0.05, 0.1) is 27.6 Å². The Kier molecular flexibility index (Phi) is 6.38. The Bertz CT molecular complexity index is 880. The maximum absolute atomic E-state index is 12.6. The molecule has 0 aromatic heterocycles. The summed E-state index contributed by atoms with van der Waals surface area (Å²) in [4.78, 5) is 45.3. The van der Waals surface area contributed by atoms with Gasteiger partial charge in [-0.3, -0.25) is 25.0 Å². The molecule has 1 N–H and O–H groups in total. The van der Waals surface area contributed by atoms with Crippen LogP contribution in [0.1, 0.15) is 35.8 Å². The summed E-state index contributed by atoms with van der Waals surface area (Å²) in [5, 5.41) is 24.4. The Labute approximate surface area is 159 Å². The first-order valence-electron chi connectivity index (χ1n) is 8.19. The van der Waals surface area contributed by atoms with Crippen molar-refractivity contribution in [2.75, 3.05) is 0 Å². The van der Waals surface area contributed by atoms with E-state index >= 15 is 0 Å². The molecule has 2 rings (SSSR count). The minimum Gasteiger partial charge on any atom is -0.461 e. The number of benzene rings is 2. The topological polar surface area (TPSA) is 142 Å². The Morgan fingerprint density at radius 3 is 1.96 bits per heavy atom. The number of nitrogens with zero attached hydrogens (tertiary/aromatic N) is 2. The number of carbonyl (C=O) groups is 2. The molecule has 0 spiro atoms. The lowest BCUT2D eigenvalue weighted by molar-refractivity contribution is -0.394. The highest BCUT2D eigenvalue weighted by molar-refractivity contribution is 5.98. The molecule has 0 saturated heterocycles. The zero-order valence-electron chi connectivity index (χ0n) is 15.0. The molecule has 0 bridgehead atoms. The van der Waals surface area contributed by atoms with E-state index in [1.807, 2.05) is 0 Å². The van der Waals surface area contributed by atoms with Crippen LogP contribution in [0.5, 0.6) is 0 Å². The van der Waals surface area contributed by atoms with Gasteiger partial charge >= 0.3 is 5.97 Å². The molecular formula is C18H17N3O7. The number of carbonyl (C=O) groups excluding carboxylic acids is 2. The summed E-state index contributed by atoms with van der Waals surface area (Å²) in [5.74, 6) is -1.61. The van der Waals surface area contributed by atoms with Gasteiger partial charge in [-0.05, 0) is 19.4 Å². The summed E-state index contributed by atoms with van der Waals surface area (Å²) in [6, 6.07) is 9.61. The van der Waals surface area contributed by atoms with Crippen molar-refractivity contribution >= 4 is 23.3 Å². The van der Waals surface area contributed by atoms with E-state index in [-0.39, 0.29) is 5.56 Å². The van der Waals surface area contributed by atoms with Crippen molar-refractivity contribution in [2.24, 2.45) is 0 Å². The molecule has 0 fully saturated rings. The molecule has 0 aliphatic carbocycles. The molecule has 2 aromatic rings. The molecule has 28 heavy (non-hydrogen) atoms. The zero-order chi connectivity index (χ0) is 20.8. The van der Waals surface area contributed by atoms with Crippen LogP contribution < -0.4 is 5.32 Å². The number of nitro benzene ring substituents is 2. The Hall–Kier alpha value is -3.82. The number of hydrogen-bond donors (Lipinski definition) is 1. The van der Waals surface area contributed by atoms with E-state index in [2.05, 4.69) is 5.32 Å². The van der Waals surface area contributed by atoms with Gasteiger partial charge in [-0.25, -0.2) is 4.79 Å². The molecule has 0 aliphatic rings. The maximum atomic E-state index is 12.6. The number of hydrogen-bond acceptors (Lipinski definition) is 7. The summed E-state index contributed by atoms with van der Waals surface area (Å²) >= 11 is 0. The summed E-state index contributed by atoms with van der Waals surface area (Å²) in [7, 11) is 0. The molecular weight excluding hydrogens is 370 g/mol. The van der Waals surface area contributed by atoms with E-state index in [4.69, 9.17) is 4.74 Å².